The lowest BCUT2D eigenvalue weighted by Crippen LogP contribution is -2.21. The van der Waals surface area contributed by atoms with Crippen molar-refractivity contribution in [2.75, 3.05) is 0 Å². The maximum absolute atomic E-state index is 11.8. The first-order chi connectivity index (χ1) is 7.09. The molecule has 1 aromatic carbocycles. The molecule has 0 bridgehead atoms. The van der Waals surface area contributed by atoms with Crippen LogP contribution >= 0.6 is 0 Å². The summed E-state index contributed by atoms with van der Waals surface area (Å²) in [6.45, 7) is 3.87. The molecule has 0 amide bonds. The van der Waals surface area contributed by atoms with E-state index < -0.39 is 0 Å². The van der Waals surface area contributed by atoms with Gasteiger partial charge >= 0.3 is 0 Å². The molecule has 1 heteroatoms. The maximum atomic E-state index is 11.8. The molecule has 0 aliphatic heterocycles. The summed E-state index contributed by atoms with van der Waals surface area (Å²) in [6, 6.07) is 9.97. The lowest BCUT2D eigenvalue weighted by atomic mass is 9.81. The molecule has 0 saturated heterocycles. The van der Waals surface area contributed by atoms with E-state index in [1.165, 1.54) is 0 Å². The first-order valence-corrected chi connectivity index (χ1v) is 5.10. The number of ketones is 1. The molecule has 0 saturated carbocycles. The van der Waals surface area contributed by atoms with E-state index in [0.717, 1.165) is 11.1 Å². The van der Waals surface area contributed by atoms with Crippen molar-refractivity contribution in [1.29, 1.82) is 0 Å². The maximum Gasteiger partial charge on any atom is 0.165 e. The van der Waals surface area contributed by atoms with Gasteiger partial charge in [0.15, 0.2) is 5.78 Å². The predicted molar refractivity (Wildman–Crippen MR) is 62.3 cm³/mol. The van der Waals surface area contributed by atoms with Crippen LogP contribution in [0.25, 0.3) is 5.57 Å². The lowest BCUT2D eigenvalue weighted by Gasteiger charge is -2.21. The standard InChI is InChI=1S/C14H14O/c1-14(2)9-8-12(10-13(14)15)11-6-4-3-5-7-11/h3-10H,1-2H3. The average molecular weight is 198 g/mol. The number of allylic oxidation sites excluding steroid dienone is 4. The zero-order valence-corrected chi connectivity index (χ0v) is 9.03. The second-order valence-corrected chi connectivity index (χ2v) is 4.38. The van der Waals surface area contributed by atoms with Crippen LogP contribution < -0.4 is 0 Å². The largest absolute Gasteiger partial charge is 0.294 e. The van der Waals surface area contributed by atoms with Crippen molar-refractivity contribution in [3.63, 3.8) is 0 Å². The molecule has 0 unspecified atom stereocenters. The highest BCUT2D eigenvalue weighted by Crippen LogP contribution is 2.29. The van der Waals surface area contributed by atoms with Crippen LogP contribution in [0.2, 0.25) is 0 Å². The molecular formula is C14H14O. The Labute approximate surface area is 90.1 Å². The van der Waals surface area contributed by atoms with Gasteiger partial charge in [0.1, 0.15) is 0 Å². The van der Waals surface area contributed by atoms with Crippen molar-refractivity contribution in [2.45, 2.75) is 13.8 Å². The molecular weight excluding hydrogens is 184 g/mol. The first kappa shape index (κ1) is 9.91. The van der Waals surface area contributed by atoms with Gasteiger partial charge in [0, 0.05) is 5.41 Å². The van der Waals surface area contributed by atoms with Gasteiger partial charge < -0.3 is 0 Å². The minimum atomic E-state index is -0.349. The molecule has 0 atom stereocenters. The molecule has 2 rings (SSSR count). The van der Waals surface area contributed by atoms with E-state index in [2.05, 4.69) is 0 Å². The Morgan fingerprint density at radius 3 is 2.33 bits per heavy atom. The van der Waals surface area contributed by atoms with E-state index in [9.17, 15) is 4.79 Å². The van der Waals surface area contributed by atoms with E-state index in [-0.39, 0.29) is 11.2 Å². The summed E-state index contributed by atoms with van der Waals surface area (Å²) in [5, 5.41) is 0. The van der Waals surface area contributed by atoms with E-state index in [4.69, 9.17) is 0 Å². The van der Waals surface area contributed by atoms with Crippen molar-refractivity contribution in [3.8, 4) is 0 Å². The van der Waals surface area contributed by atoms with Crippen LogP contribution in [0.15, 0.2) is 48.6 Å². The topological polar surface area (TPSA) is 17.1 Å². The van der Waals surface area contributed by atoms with Gasteiger partial charge in [-0.1, -0.05) is 42.5 Å². The summed E-state index contributed by atoms with van der Waals surface area (Å²) < 4.78 is 0. The highest BCUT2D eigenvalue weighted by atomic mass is 16.1. The summed E-state index contributed by atoms with van der Waals surface area (Å²) in [4.78, 5) is 11.8. The predicted octanol–water partition coefficient (Wildman–Crippen LogP) is 3.24. The van der Waals surface area contributed by atoms with Gasteiger partial charge in [-0.2, -0.15) is 0 Å². The van der Waals surface area contributed by atoms with Crippen LogP contribution in [-0.2, 0) is 4.79 Å². The minimum Gasteiger partial charge on any atom is -0.294 e. The second-order valence-electron chi connectivity index (χ2n) is 4.38. The van der Waals surface area contributed by atoms with E-state index in [1.54, 1.807) is 6.08 Å². The normalized spacial score (nSPS) is 18.8. The first-order valence-electron chi connectivity index (χ1n) is 5.10. The van der Waals surface area contributed by atoms with Crippen molar-refractivity contribution in [3.05, 3.63) is 54.1 Å². The number of rotatable bonds is 1. The van der Waals surface area contributed by atoms with E-state index in [0.29, 0.717) is 0 Å². The Balaban J connectivity index is 2.36. The summed E-state index contributed by atoms with van der Waals surface area (Å²) >= 11 is 0. The quantitative estimate of drug-likeness (QED) is 0.677. The number of hydrogen-bond donors (Lipinski definition) is 0. The summed E-state index contributed by atoms with van der Waals surface area (Å²) in [7, 11) is 0. The van der Waals surface area contributed by atoms with Gasteiger partial charge in [-0.25, -0.2) is 0 Å². The molecule has 1 nitrogen and oxygen atoms in total. The average Bonchev–Trinajstić information content (AvgIpc) is 2.23. The molecule has 0 heterocycles. The Kier molecular flexibility index (Phi) is 2.31. The van der Waals surface area contributed by atoms with Crippen LogP contribution in [0.4, 0.5) is 0 Å². The minimum absolute atomic E-state index is 0.170. The fourth-order valence-electron chi connectivity index (χ4n) is 1.57. The van der Waals surface area contributed by atoms with Crippen molar-refractivity contribution in [1.82, 2.24) is 0 Å². The van der Waals surface area contributed by atoms with Gasteiger partial charge in [-0.05, 0) is 31.1 Å². The van der Waals surface area contributed by atoms with Gasteiger partial charge in [-0.3, -0.25) is 4.79 Å². The van der Waals surface area contributed by atoms with Gasteiger partial charge in [0.05, 0.1) is 0 Å². The Morgan fingerprint density at radius 2 is 1.73 bits per heavy atom. The highest BCUT2D eigenvalue weighted by Gasteiger charge is 2.25. The van der Waals surface area contributed by atoms with Crippen molar-refractivity contribution < 1.29 is 4.79 Å². The molecule has 1 aliphatic rings. The molecule has 76 valence electrons. The zero-order chi connectivity index (χ0) is 10.9. The molecule has 0 N–H and O–H groups in total. The lowest BCUT2D eigenvalue weighted by molar-refractivity contribution is -0.120. The fraction of sp³-hybridized carbons (Fsp3) is 0.214. The third-order valence-electron chi connectivity index (χ3n) is 2.71. The van der Waals surface area contributed by atoms with Crippen LogP contribution in [0.1, 0.15) is 19.4 Å². The van der Waals surface area contributed by atoms with Gasteiger partial charge in [0.2, 0.25) is 0 Å². The summed E-state index contributed by atoms with van der Waals surface area (Å²) in [6.07, 6.45) is 5.73. The Bertz CT molecular complexity index is 436. The molecule has 1 aliphatic carbocycles. The van der Waals surface area contributed by atoms with Crippen LogP contribution in [0, 0.1) is 5.41 Å². The third kappa shape index (κ3) is 1.91. The fourth-order valence-corrected chi connectivity index (χ4v) is 1.57. The molecule has 0 radical (unpaired) electrons. The third-order valence-corrected chi connectivity index (χ3v) is 2.71. The number of carbonyl (C=O) groups excluding carboxylic acids is 1. The van der Waals surface area contributed by atoms with Crippen LogP contribution in [0.5, 0.6) is 0 Å². The van der Waals surface area contributed by atoms with Crippen LogP contribution in [0.3, 0.4) is 0 Å². The molecule has 0 fully saturated rings. The molecule has 1 aromatic rings. The SMILES string of the molecule is CC1(C)C=CC(c2ccccc2)=CC1=O. The monoisotopic (exact) mass is 198 g/mol. The second kappa shape index (κ2) is 3.50. The van der Waals surface area contributed by atoms with Gasteiger partial charge in [-0.15, -0.1) is 0 Å². The summed E-state index contributed by atoms with van der Waals surface area (Å²) in [5.74, 6) is 0.170. The van der Waals surface area contributed by atoms with E-state index >= 15 is 0 Å². The Hall–Kier alpha value is -1.63. The number of benzene rings is 1. The van der Waals surface area contributed by atoms with Crippen molar-refractivity contribution in [2.24, 2.45) is 5.41 Å². The Morgan fingerprint density at radius 1 is 1.07 bits per heavy atom. The molecule has 0 aromatic heterocycles. The smallest absolute Gasteiger partial charge is 0.165 e. The molecule has 15 heavy (non-hydrogen) atoms. The number of carbonyl (C=O) groups is 1. The van der Waals surface area contributed by atoms with E-state index in [1.807, 2.05) is 56.3 Å². The highest BCUT2D eigenvalue weighted by molar-refractivity contribution is 6.05. The summed E-state index contributed by atoms with van der Waals surface area (Å²) in [5.41, 5.74) is 1.75. The van der Waals surface area contributed by atoms with Gasteiger partial charge in [0.25, 0.3) is 0 Å². The van der Waals surface area contributed by atoms with Crippen LogP contribution in [-0.4, -0.2) is 5.78 Å². The number of hydrogen-bond acceptors (Lipinski definition) is 1. The zero-order valence-electron chi connectivity index (χ0n) is 9.03. The van der Waals surface area contributed by atoms with Crippen molar-refractivity contribution >= 4 is 11.4 Å². The molecule has 0 spiro atoms.